The normalized spacial score (nSPS) is 11.2. The average Bonchev–Trinajstić information content (AvgIpc) is 0.745. The van der Waals surface area contributed by atoms with E-state index in [1.807, 2.05) is 82.3 Å². The van der Waals surface area contributed by atoms with Crippen molar-refractivity contribution >= 4 is 32.3 Å². The van der Waals surface area contributed by atoms with Gasteiger partial charge in [0.2, 0.25) is 0 Å². The third-order valence-corrected chi connectivity index (χ3v) is 15.2. The van der Waals surface area contributed by atoms with Gasteiger partial charge in [-0.3, -0.25) is 0 Å². The maximum atomic E-state index is 6.41. The van der Waals surface area contributed by atoms with E-state index in [1.165, 1.54) is 56.3 Å². The van der Waals surface area contributed by atoms with Gasteiger partial charge in [0.05, 0.1) is 132 Å². The first-order chi connectivity index (χ1) is 48.9. The summed E-state index contributed by atoms with van der Waals surface area (Å²) in [5, 5.41) is 8.32. The fourth-order valence-electron chi connectivity index (χ4n) is 10.3. The summed E-state index contributed by atoms with van der Waals surface area (Å²) in [4.78, 5) is 0. The topological polar surface area (TPSA) is 166 Å². The van der Waals surface area contributed by atoms with Crippen LogP contribution in [0.1, 0.15) is 82.7 Å². The van der Waals surface area contributed by atoms with E-state index in [1.54, 1.807) is 0 Å². The van der Waals surface area contributed by atoms with E-state index in [2.05, 4.69) is 106 Å². The smallest absolute Gasteiger partial charge is 0.123 e. The Labute approximate surface area is 589 Å². The summed E-state index contributed by atoms with van der Waals surface area (Å²) in [7, 11) is 0. The Bertz CT molecular complexity index is 3090. The maximum absolute atomic E-state index is 6.41. The highest BCUT2D eigenvalue weighted by molar-refractivity contribution is 6.23. The molecule has 544 valence electrons. The molecule has 0 amide bonds. The van der Waals surface area contributed by atoms with Crippen LogP contribution in [0.25, 0.3) is 32.3 Å². The van der Waals surface area contributed by atoms with Crippen LogP contribution in [0.3, 0.4) is 0 Å². The lowest BCUT2D eigenvalue weighted by Gasteiger charge is -2.16. The van der Waals surface area contributed by atoms with Crippen LogP contribution in [0.2, 0.25) is 0 Å². The van der Waals surface area contributed by atoms with Crippen molar-refractivity contribution in [1.29, 1.82) is 0 Å². The lowest BCUT2D eigenvalue weighted by Crippen LogP contribution is -2.13. The van der Waals surface area contributed by atoms with Gasteiger partial charge in [-0.15, -0.1) is 0 Å². The molecule has 0 atom stereocenters. The zero-order valence-corrected chi connectivity index (χ0v) is 60.2. The number of aryl methyl sites for hydroxylation is 3. The van der Waals surface area contributed by atoms with Crippen molar-refractivity contribution < 1.29 is 85.3 Å². The number of rotatable bonds is 54. The highest BCUT2D eigenvalue weighted by atomic mass is 16.6. The SMILES string of the molecule is CCCc1ccccc1.CCOCCOCCOCCOc1cc(COc2cc(CC)cc(OCc3cc(OCCOCCOCCOCC)cc(OCCOCCOCCOCC)c3)c2)cc(OCCOCCOCCOCC)c1.CCc1ccc2ccc3cccc4ccc1c2c34. The first-order valence-corrected chi connectivity index (χ1v) is 35.7. The lowest BCUT2D eigenvalue weighted by molar-refractivity contribution is 0.0109. The summed E-state index contributed by atoms with van der Waals surface area (Å²) in [5.41, 5.74) is 5.66. The summed E-state index contributed by atoms with van der Waals surface area (Å²) in [6.07, 6.45) is 4.32. The molecular weight excluding hydrogens is 1260 g/mol. The van der Waals surface area contributed by atoms with Gasteiger partial charge in [-0.05, 0) is 143 Å². The van der Waals surface area contributed by atoms with E-state index in [4.69, 9.17) is 85.3 Å². The number of hydrogen-bond acceptors (Lipinski definition) is 18. The fourth-order valence-corrected chi connectivity index (χ4v) is 10.3. The molecule has 0 aliphatic heterocycles. The highest BCUT2D eigenvalue weighted by Crippen LogP contribution is 2.36. The first-order valence-electron chi connectivity index (χ1n) is 35.7. The molecule has 0 N–H and O–H groups in total. The van der Waals surface area contributed by atoms with Crippen LogP contribution < -0.4 is 28.4 Å². The Morgan fingerprint density at radius 1 is 0.232 bits per heavy atom. The van der Waals surface area contributed by atoms with Crippen molar-refractivity contribution in [2.75, 3.05) is 185 Å². The number of ether oxygens (including phenoxy) is 18. The molecule has 0 radical (unpaired) electrons. The van der Waals surface area contributed by atoms with Crippen molar-refractivity contribution in [1.82, 2.24) is 0 Å². The third kappa shape index (κ3) is 33.4. The van der Waals surface area contributed by atoms with Gasteiger partial charge in [0.1, 0.15) is 74.1 Å². The molecule has 18 heteroatoms. The summed E-state index contributed by atoms with van der Waals surface area (Å²) in [5.74, 6) is 3.84. The average molecular weight is 1370 g/mol. The number of benzene rings is 8. The van der Waals surface area contributed by atoms with Crippen LogP contribution >= 0.6 is 0 Å². The molecule has 8 aromatic rings. The molecule has 0 aromatic heterocycles. The minimum atomic E-state index is 0.251. The molecule has 18 nitrogen and oxygen atoms in total. The minimum absolute atomic E-state index is 0.251. The van der Waals surface area contributed by atoms with Crippen molar-refractivity contribution in [3.8, 4) is 34.5 Å². The van der Waals surface area contributed by atoms with Gasteiger partial charge >= 0.3 is 0 Å². The van der Waals surface area contributed by atoms with E-state index < -0.39 is 0 Å². The Morgan fingerprint density at radius 3 is 0.889 bits per heavy atom. The first kappa shape index (κ1) is 81.1. The van der Waals surface area contributed by atoms with Crippen LogP contribution in [0.5, 0.6) is 34.5 Å². The molecule has 0 heterocycles. The van der Waals surface area contributed by atoms with Crippen molar-refractivity contribution in [2.24, 2.45) is 0 Å². The van der Waals surface area contributed by atoms with Crippen molar-refractivity contribution in [2.45, 2.75) is 87.4 Å². The van der Waals surface area contributed by atoms with Crippen LogP contribution in [0.4, 0.5) is 0 Å². The second kappa shape index (κ2) is 52.2. The van der Waals surface area contributed by atoms with E-state index in [9.17, 15) is 0 Å². The molecule has 0 spiro atoms. The largest absolute Gasteiger partial charge is 0.491 e. The summed E-state index contributed by atoms with van der Waals surface area (Å²) in [6.45, 7) is 28.7. The third-order valence-electron chi connectivity index (χ3n) is 15.2. The Morgan fingerprint density at radius 2 is 0.545 bits per heavy atom. The van der Waals surface area contributed by atoms with E-state index >= 15 is 0 Å². The van der Waals surface area contributed by atoms with Gasteiger partial charge in [-0.25, -0.2) is 0 Å². The van der Waals surface area contributed by atoms with E-state index in [0.29, 0.717) is 219 Å². The second-order valence-corrected chi connectivity index (χ2v) is 22.6. The van der Waals surface area contributed by atoms with Crippen LogP contribution in [-0.2, 0) is 89.3 Å². The molecule has 0 saturated heterocycles. The Hall–Kier alpha value is -6.88. The van der Waals surface area contributed by atoms with Gasteiger partial charge in [0.25, 0.3) is 0 Å². The van der Waals surface area contributed by atoms with Gasteiger partial charge in [0.15, 0.2) is 0 Å². The molecule has 99 heavy (non-hydrogen) atoms. The van der Waals surface area contributed by atoms with Gasteiger partial charge < -0.3 is 85.3 Å². The highest BCUT2D eigenvalue weighted by Gasteiger charge is 2.13. The van der Waals surface area contributed by atoms with Gasteiger partial charge in [-0.1, -0.05) is 112 Å². The predicted octanol–water partition coefficient (Wildman–Crippen LogP) is 15.0. The fraction of sp³-hybridized carbons (Fsp3) is 0.506. The molecule has 0 unspecified atom stereocenters. The minimum Gasteiger partial charge on any atom is -0.491 e. The molecule has 0 saturated carbocycles. The molecule has 8 rings (SSSR count). The second-order valence-electron chi connectivity index (χ2n) is 22.6. The lowest BCUT2D eigenvalue weighted by atomic mass is 9.91. The number of hydrogen-bond donors (Lipinski definition) is 0. The van der Waals surface area contributed by atoms with E-state index in [0.717, 1.165) is 29.5 Å². The van der Waals surface area contributed by atoms with Gasteiger partial charge in [-0.2, -0.15) is 0 Å². The van der Waals surface area contributed by atoms with Crippen LogP contribution in [-0.4, -0.2) is 185 Å². The van der Waals surface area contributed by atoms with E-state index in [-0.39, 0.29) is 13.2 Å². The molecule has 0 aliphatic carbocycles. The molecule has 8 aromatic carbocycles. The summed E-state index contributed by atoms with van der Waals surface area (Å²) >= 11 is 0. The predicted molar refractivity (Wildman–Crippen MR) is 392 cm³/mol. The maximum Gasteiger partial charge on any atom is 0.123 e. The van der Waals surface area contributed by atoms with Crippen molar-refractivity contribution in [3.63, 3.8) is 0 Å². The Balaban J connectivity index is 0.000000461. The zero-order chi connectivity index (χ0) is 69.8. The van der Waals surface area contributed by atoms with Crippen molar-refractivity contribution in [3.05, 3.63) is 167 Å². The molecule has 0 fully saturated rings. The summed E-state index contributed by atoms with van der Waals surface area (Å²) in [6, 6.07) is 48.0. The monoisotopic (exact) mass is 1370 g/mol. The molecular formula is C81H112O18. The molecule has 0 bridgehead atoms. The standard InChI is InChI=1S/C54H86O18.C18H14.C9H12/c1-6-46-35-53(71-44-47-37-49(67-31-27-63-23-19-59-15-11-55-7-2)41-50(38-47)68-32-28-64-24-20-60-16-12-56-8-3)43-54(36-46)72-45-48-39-51(69-33-29-65-25-21-61-17-13-57-9-4)42-52(40-48)70-34-30-66-26-22-62-18-14-58-10-5;1-2-12-6-7-15-9-8-13-4-3-5-14-10-11-16(12)18(15)17(13)14;1-2-6-9-7-4-3-5-8-9/h35-43H,6-34,44-45H2,1-5H3;3-11H,2H2,1H3;3-5,7-8H,2,6H2,1H3. The Kier molecular flexibility index (Phi) is 42.7. The summed E-state index contributed by atoms with van der Waals surface area (Å²) < 4.78 is 103. The van der Waals surface area contributed by atoms with Gasteiger partial charge in [0, 0.05) is 44.6 Å². The van der Waals surface area contributed by atoms with Crippen LogP contribution in [0.15, 0.2) is 140 Å². The van der Waals surface area contributed by atoms with Crippen LogP contribution in [0, 0.1) is 0 Å². The molecule has 0 aliphatic rings. The quantitative estimate of drug-likeness (QED) is 0.0261. The zero-order valence-electron chi connectivity index (χ0n) is 60.2.